The minimum absolute atomic E-state index is 0.0829. The van der Waals surface area contributed by atoms with Crippen LogP contribution in [0.15, 0.2) is 24.3 Å². The molecule has 1 aliphatic heterocycles. The van der Waals surface area contributed by atoms with E-state index in [1.807, 2.05) is 31.2 Å². The Morgan fingerprint density at radius 2 is 2.24 bits per heavy atom. The summed E-state index contributed by atoms with van der Waals surface area (Å²) < 4.78 is 7.17. The monoisotopic (exact) mass is 286 g/mol. The molecule has 1 amide bonds. The van der Waals surface area contributed by atoms with Gasteiger partial charge in [-0.3, -0.25) is 9.48 Å². The van der Waals surface area contributed by atoms with Gasteiger partial charge in [0.1, 0.15) is 5.75 Å². The third-order valence-electron chi connectivity index (χ3n) is 3.79. The molecule has 3 N–H and O–H groups in total. The molecule has 0 radical (unpaired) electrons. The van der Waals surface area contributed by atoms with Gasteiger partial charge in [-0.25, -0.2) is 0 Å². The van der Waals surface area contributed by atoms with Gasteiger partial charge in [-0.2, -0.15) is 5.10 Å². The molecule has 1 aromatic carbocycles. The lowest BCUT2D eigenvalue weighted by Crippen LogP contribution is -2.27. The van der Waals surface area contributed by atoms with Gasteiger partial charge in [-0.1, -0.05) is 18.2 Å². The largest absolute Gasteiger partial charge is 0.493 e. The summed E-state index contributed by atoms with van der Waals surface area (Å²) in [6.45, 7) is 2.35. The average molecular weight is 286 g/mol. The molecule has 21 heavy (non-hydrogen) atoms. The number of hydrogen-bond donors (Lipinski definition) is 2. The summed E-state index contributed by atoms with van der Waals surface area (Å²) in [5.41, 5.74) is 8.08. The predicted molar refractivity (Wildman–Crippen MR) is 80.3 cm³/mol. The Labute approximate surface area is 122 Å². The number of para-hydroxylation sites is 1. The number of amides is 1. The highest BCUT2D eigenvalue weighted by Crippen LogP contribution is 2.34. The van der Waals surface area contributed by atoms with Crippen molar-refractivity contribution in [1.82, 2.24) is 9.78 Å². The number of nitrogens with one attached hydrogen (secondary N) is 1. The highest BCUT2D eigenvalue weighted by Gasteiger charge is 2.28. The van der Waals surface area contributed by atoms with Gasteiger partial charge in [0.25, 0.3) is 0 Å². The second-order valence-corrected chi connectivity index (χ2v) is 5.19. The van der Waals surface area contributed by atoms with E-state index in [9.17, 15) is 4.79 Å². The maximum absolute atomic E-state index is 12.6. The topological polar surface area (TPSA) is 82.2 Å². The van der Waals surface area contributed by atoms with Gasteiger partial charge in [-0.05, 0) is 19.4 Å². The Morgan fingerprint density at radius 1 is 1.48 bits per heavy atom. The minimum atomic E-state index is -0.232. The van der Waals surface area contributed by atoms with Crippen molar-refractivity contribution < 1.29 is 9.53 Å². The fourth-order valence-electron chi connectivity index (χ4n) is 2.64. The van der Waals surface area contributed by atoms with Crippen molar-refractivity contribution in [3.63, 3.8) is 0 Å². The van der Waals surface area contributed by atoms with E-state index in [1.54, 1.807) is 11.7 Å². The van der Waals surface area contributed by atoms with Gasteiger partial charge in [0.05, 0.1) is 23.9 Å². The van der Waals surface area contributed by atoms with Crippen LogP contribution in [0, 0.1) is 6.92 Å². The number of rotatable bonds is 2. The van der Waals surface area contributed by atoms with E-state index in [1.165, 1.54) is 0 Å². The molecule has 0 bridgehead atoms. The molecule has 0 saturated carbocycles. The van der Waals surface area contributed by atoms with Crippen LogP contribution in [0.5, 0.6) is 5.75 Å². The Bertz CT molecular complexity index is 693. The van der Waals surface area contributed by atoms with Crippen molar-refractivity contribution in [3.8, 4) is 5.75 Å². The molecule has 3 rings (SSSR count). The molecule has 1 atom stereocenters. The van der Waals surface area contributed by atoms with E-state index in [2.05, 4.69) is 10.4 Å². The number of fused-ring (bicyclic) bond motifs is 1. The molecule has 1 aliphatic rings. The van der Waals surface area contributed by atoms with Crippen molar-refractivity contribution >= 4 is 17.4 Å². The Hall–Kier alpha value is -2.50. The molecule has 6 heteroatoms. The van der Waals surface area contributed by atoms with Gasteiger partial charge in [-0.15, -0.1) is 0 Å². The number of aromatic nitrogens is 2. The van der Waals surface area contributed by atoms with Gasteiger partial charge in [0.2, 0.25) is 5.91 Å². The zero-order valence-corrected chi connectivity index (χ0v) is 12.1. The molecular formula is C15H18N4O2. The number of benzene rings is 1. The van der Waals surface area contributed by atoms with Crippen LogP contribution >= 0.6 is 0 Å². The molecule has 2 heterocycles. The summed E-state index contributed by atoms with van der Waals surface area (Å²) in [6, 6.07) is 7.63. The molecular weight excluding hydrogens is 268 g/mol. The number of nitrogens with two attached hydrogens (primary N) is 1. The molecule has 1 aromatic heterocycles. The summed E-state index contributed by atoms with van der Waals surface area (Å²) in [7, 11) is 1.76. The molecule has 0 aliphatic carbocycles. The van der Waals surface area contributed by atoms with E-state index in [-0.39, 0.29) is 11.8 Å². The molecule has 6 nitrogen and oxygen atoms in total. The second-order valence-electron chi connectivity index (χ2n) is 5.19. The maximum atomic E-state index is 12.6. The van der Waals surface area contributed by atoms with Gasteiger partial charge in [0, 0.05) is 12.6 Å². The van der Waals surface area contributed by atoms with Crippen molar-refractivity contribution in [3.05, 3.63) is 35.5 Å². The van der Waals surface area contributed by atoms with E-state index < -0.39 is 0 Å². The number of anilines is 2. The summed E-state index contributed by atoms with van der Waals surface area (Å²) in [5.74, 6) is 1.00. The Kier molecular flexibility index (Phi) is 3.29. The highest BCUT2D eigenvalue weighted by atomic mass is 16.5. The van der Waals surface area contributed by atoms with Crippen LogP contribution in [0.1, 0.15) is 23.6 Å². The first-order valence-electron chi connectivity index (χ1n) is 6.89. The number of nitrogen functional groups attached to an aromatic ring is 1. The first-order chi connectivity index (χ1) is 10.1. The zero-order chi connectivity index (χ0) is 15.0. The molecule has 1 unspecified atom stereocenters. The molecule has 0 saturated heterocycles. The summed E-state index contributed by atoms with van der Waals surface area (Å²) in [5, 5.41) is 7.10. The van der Waals surface area contributed by atoms with Crippen LogP contribution in [0.3, 0.4) is 0 Å². The van der Waals surface area contributed by atoms with Crippen LogP contribution in [0.2, 0.25) is 0 Å². The van der Waals surface area contributed by atoms with Crippen LogP contribution in [-0.4, -0.2) is 22.3 Å². The number of carbonyl (C=O) groups is 1. The SMILES string of the molecule is Cc1nn(C)c(NC(=O)C2CCOc3ccccc32)c1N. The van der Waals surface area contributed by atoms with E-state index >= 15 is 0 Å². The van der Waals surface area contributed by atoms with Gasteiger partial charge in [0.15, 0.2) is 5.82 Å². The fourth-order valence-corrected chi connectivity index (χ4v) is 2.64. The standard InChI is InChI=1S/C15H18N4O2/c1-9-13(16)14(19(2)18-9)17-15(20)11-7-8-21-12-6-4-3-5-10(11)12/h3-6,11H,7-8,16H2,1-2H3,(H,17,20). The number of aryl methyl sites for hydroxylation is 2. The number of hydrogen-bond acceptors (Lipinski definition) is 4. The fraction of sp³-hybridized carbons (Fsp3) is 0.333. The second kappa shape index (κ2) is 5.12. The van der Waals surface area contributed by atoms with E-state index in [4.69, 9.17) is 10.5 Å². The predicted octanol–water partition coefficient (Wildman–Crippen LogP) is 1.82. The summed E-state index contributed by atoms with van der Waals surface area (Å²) in [4.78, 5) is 12.6. The lowest BCUT2D eigenvalue weighted by molar-refractivity contribution is -0.118. The number of carbonyl (C=O) groups excluding carboxylic acids is 1. The summed E-state index contributed by atoms with van der Waals surface area (Å²) >= 11 is 0. The smallest absolute Gasteiger partial charge is 0.233 e. The third-order valence-corrected chi connectivity index (χ3v) is 3.79. The third kappa shape index (κ3) is 2.33. The number of ether oxygens (including phenoxy) is 1. The lowest BCUT2D eigenvalue weighted by Gasteiger charge is -2.25. The van der Waals surface area contributed by atoms with Crippen molar-refractivity contribution in [1.29, 1.82) is 0 Å². The number of nitrogens with zero attached hydrogens (tertiary/aromatic N) is 2. The summed E-state index contributed by atoms with van der Waals surface area (Å²) in [6.07, 6.45) is 0.652. The zero-order valence-electron chi connectivity index (χ0n) is 12.1. The normalized spacial score (nSPS) is 17.0. The average Bonchev–Trinajstić information content (AvgIpc) is 2.73. The molecule has 110 valence electrons. The van der Waals surface area contributed by atoms with Crippen LogP contribution in [0.4, 0.5) is 11.5 Å². The molecule has 2 aromatic rings. The van der Waals surface area contributed by atoms with E-state index in [0.29, 0.717) is 30.2 Å². The van der Waals surface area contributed by atoms with Crippen molar-refractivity contribution in [2.75, 3.05) is 17.7 Å². The first-order valence-corrected chi connectivity index (χ1v) is 6.89. The van der Waals surface area contributed by atoms with Crippen LogP contribution < -0.4 is 15.8 Å². The Balaban J connectivity index is 1.87. The maximum Gasteiger partial charge on any atom is 0.233 e. The first kappa shape index (κ1) is 13.5. The van der Waals surface area contributed by atoms with E-state index in [0.717, 1.165) is 11.3 Å². The van der Waals surface area contributed by atoms with Crippen LogP contribution in [-0.2, 0) is 11.8 Å². The van der Waals surface area contributed by atoms with Crippen molar-refractivity contribution in [2.24, 2.45) is 7.05 Å². The van der Waals surface area contributed by atoms with Gasteiger partial charge >= 0.3 is 0 Å². The lowest BCUT2D eigenvalue weighted by atomic mass is 9.92. The van der Waals surface area contributed by atoms with Crippen molar-refractivity contribution in [2.45, 2.75) is 19.3 Å². The van der Waals surface area contributed by atoms with Crippen LogP contribution in [0.25, 0.3) is 0 Å². The quantitative estimate of drug-likeness (QED) is 0.882. The molecule has 0 spiro atoms. The highest BCUT2D eigenvalue weighted by molar-refractivity contribution is 5.98. The van der Waals surface area contributed by atoms with Gasteiger partial charge < -0.3 is 15.8 Å². The minimum Gasteiger partial charge on any atom is -0.493 e. The Morgan fingerprint density at radius 3 is 2.95 bits per heavy atom. The molecule has 0 fully saturated rings.